The molecule has 1 aliphatic rings. The quantitative estimate of drug-likeness (QED) is 0.676. The predicted octanol–water partition coefficient (Wildman–Crippen LogP) is 3.95. The van der Waals surface area contributed by atoms with Crippen LogP contribution >= 0.6 is 0 Å². The Kier molecular flexibility index (Phi) is 5.47. The minimum atomic E-state index is -0.0236. The lowest BCUT2D eigenvalue weighted by Gasteiger charge is -2.32. The van der Waals surface area contributed by atoms with Crippen molar-refractivity contribution < 1.29 is 14.3 Å². The summed E-state index contributed by atoms with van der Waals surface area (Å²) in [7, 11) is 0. The molecule has 1 aromatic heterocycles. The van der Waals surface area contributed by atoms with Gasteiger partial charge in [0.15, 0.2) is 0 Å². The highest BCUT2D eigenvalue weighted by Crippen LogP contribution is 2.27. The van der Waals surface area contributed by atoms with Gasteiger partial charge in [0, 0.05) is 38.2 Å². The Labute approximate surface area is 163 Å². The van der Waals surface area contributed by atoms with Gasteiger partial charge in [-0.15, -0.1) is 5.10 Å². The maximum Gasteiger partial charge on any atom is 0.257 e. The largest absolute Gasteiger partial charge is 0.473 e. The van der Waals surface area contributed by atoms with Crippen molar-refractivity contribution in [3.63, 3.8) is 0 Å². The van der Waals surface area contributed by atoms with Crippen LogP contribution in [0.4, 0.5) is 0 Å². The highest BCUT2D eigenvalue weighted by molar-refractivity contribution is 5.97. The van der Waals surface area contributed by atoms with Gasteiger partial charge in [0.05, 0.1) is 5.56 Å². The van der Waals surface area contributed by atoms with Crippen molar-refractivity contribution in [2.24, 2.45) is 0 Å². The lowest BCUT2D eigenvalue weighted by atomic mass is 10.1. The second-order valence-electron chi connectivity index (χ2n) is 6.58. The number of piperidine rings is 1. The minimum absolute atomic E-state index is 0.0236. The highest BCUT2D eigenvalue weighted by atomic mass is 16.5. The molecule has 0 N–H and O–H groups in total. The van der Waals surface area contributed by atoms with Gasteiger partial charge in [0.2, 0.25) is 5.88 Å². The maximum absolute atomic E-state index is 13.1. The number of amides is 1. The van der Waals surface area contributed by atoms with Crippen molar-refractivity contribution in [1.82, 2.24) is 15.1 Å². The molecule has 2 heterocycles. The number of likely N-dealkylation sites (tertiary alicyclic amines) is 1. The first-order valence-electron chi connectivity index (χ1n) is 9.35. The van der Waals surface area contributed by atoms with E-state index in [4.69, 9.17) is 9.47 Å². The number of nitrogens with zero attached hydrogens (tertiary/aromatic N) is 3. The smallest absolute Gasteiger partial charge is 0.257 e. The first-order chi connectivity index (χ1) is 13.8. The molecule has 6 heteroatoms. The molecule has 1 fully saturated rings. The van der Waals surface area contributed by atoms with Gasteiger partial charge in [-0.2, -0.15) is 5.10 Å². The Morgan fingerprint density at radius 2 is 1.68 bits per heavy atom. The van der Waals surface area contributed by atoms with Crippen LogP contribution in [0.25, 0.3) is 0 Å². The fraction of sp³-hybridized carbons (Fsp3) is 0.227. The van der Waals surface area contributed by atoms with Gasteiger partial charge in [-0.3, -0.25) is 4.79 Å². The summed E-state index contributed by atoms with van der Waals surface area (Å²) in [6.45, 7) is 1.26. The van der Waals surface area contributed by atoms with Crippen LogP contribution in [0.15, 0.2) is 72.9 Å². The van der Waals surface area contributed by atoms with Crippen LogP contribution in [-0.4, -0.2) is 40.2 Å². The van der Waals surface area contributed by atoms with Crippen molar-refractivity contribution in [3.05, 3.63) is 78.5 Å². The van der Waals surface area contributed by atoms with Gasteiger partial charge < -0.3 is 14.4 Å². The third-order valence-electron chi connectivity index (χ3n) is 4.65. The standard InChI is InChI=1S/C22H21N3O3/c26-22(19-9-4-5-10-20(19)27-17-7-2-1-3-8-17)25-15-12-18(13-16-25)28-21-11-6-14-23-24-21/h1-11,14,18H,12-13,15-16H2. The molecule has 1 aliphatic heterocycles. The number of aromatic nitrogens is 2. The van der Waals surface area contributed by atoms with Gasteiger partial charge in [0.25, 0.3) is 5.91 Å². The van der Waals surface area contributed by atoms with E-state index in [1.54, 1.807) is 18.3 Å². The normalized spacial score (nSPS) is 14.5. The van der Waals surface area contributed by atoms with Crippen LogP contribution in [0.1, 0.15) is 23.2 Å². The fourth-order valence-electron chi connectivity index (χ4n) is 3.22. The van der Waals surface area contributed by atoms with Gasteiger partial charge in [-0.1, -0.05) is 30.3 Å². The second kappa shape index (κ2) is 8.52. The summed E-state index contributed by atoms with van der Waals surface area (Å²) in [5.41, 5.74) is 0.569. The molecule has 0 spiro atoms. The van der Waals surface area contributed by atoms with E-state index in [-0.39, 0.29) is 12.0 Å². The van der Waals surface area contributed by atoms with Crippen LogP contribution in [-0.2, 0) is 0 Å². The number of benzene rings is 2. The van der Waals surface area contributed by atoms with Crippen molar-refractivity contribution in [1.29, 1.82) is 0 Å². The maximum atomic E-state index is 13.1. The van der Waals surface area contributed by atoms with E-state index in [0.717, 1.165) is 12.8 Å². The highest BCUT2D eigenvalue weighted by Gasteiger charge is 2.26. The lowest BCUT2D eigenvalue weighted by Crippen LogP contribution is -2.42. The van der Waals surface area contributed by atoms with E-state index in [1.807, 2.05) is 59.5 Å². The summed E-state index contributed by atoms with van der Waals surface area (Å²) in [4.78, 5) is 14.9. The monoisotopic (exact) mass is 375 g/mol. The SMILES string of the molecule is O=C(c1ccccc1Oc1ccccc1)N1CCC(Oc2cccnn2)CC1. The number of hydrogen-bond acceptors (Lipinski definition) is 5. The number of rotatable bonds is 5. The molecule has 3 aromatic rings. The summed E-state index contributed by atoms with van der Waals surface area (Å²) in [6.07, 6.45) is 3.16. The van der Waals surface area contributed by atoms with Crippen LogP contribution < -0.4 is 9.47 Å². The van der Waals surface area contributed by atoms with Gasteiger partial charge in [0.1, 0.15) is 17.6 Å². The van der Waals surface area contributed by atoms with Crippen molar-refractivity contribution in [2.45, 2.75) is 18.9 Å². The molecule has 1 saturated heterocycles. The van der Waals surface area contributed by atoms with Gasteiger partial charge in [-0.25, -0.2) is 0 Å². The van der Waals surface area contributed by atoms with Crippen LogP contribution in [0.3, 0.4) is 0 Å². The topological polar surface area (TPSA) is 64.5 Å². The van der Waals surface area contributed by atoms with E-state index in [0.29, 0.717) is 36.0 Å². The average Bonchev–Trinajstić information content (AvgIpc) is 2.76. The summed E-state index contributed by atoms with van der Waals surface area (Å²) in [5, 5.41) is 7.78. The Bertz CT molecular complexity index is 911. The Morgan fingerprint density at radius 3 is 2.43 bits per heavy atom. The molecule has 0 unspecified atom stereocenters. The fourth-order valence-corrected chi connectivity index (χ4v) is 3.22. The zero-order valence-corrected chi connectivity index (χ0v) is 15.4. The number of carbonyl (C=O) groups is 1. The lowest BCUT2D eigenvalue weighted by molar-refractivity contribution is 0.0584. The first-order valence-corrected chi connectivity index (χ1v) is 9.35. The molecule has 1 amide bonds. The number of carbonyl (C=O) groups excluding carboxylic acids is 1. The molecule has 0 atom stereocenters. The third-order valence-corrected chi connectivity index (χ3v) is 4.65. The summed E-state index contributed by atoms with van der Waals surface area (Å²) in [5.74, 6) is 1.77. The zero-order valence-electron chi connectivity index (χ0n) is 15.4. The molecule has 4 rings (SSSR count). The summed E-state index contributed by atoms with van der Waals surface area (Å²) >= 11 is 0. The predicted molar refractivity (Wildman–Crippen MR) is 105 cm³/mol. The van der Waals surface area contributed by atoms with Crippen molar-refractivity contribution >= 4 is 5.91 Å². The molecule has 6 nitrogen and oxygen atoms in total. The summed E-state index contributed by atoms with van der Waals surface area (Å²) in [6, 6.07) is 20.4. The van der Waals surface area contributed by atoms with E-state index in [1.165, 1.54) is 0 Å². The molecule has 0 saturated carbocycles. The molecule has 142 valence electrons. The van der Waals surface area contributed by atoms with E-state index in [2.05, 4.69) is 10.2 Å². The molecule has 0 bridgehead atoms. The average molecular weight is 375 g/mol. The number of hydrogen-bond donors (Lipinski definition) is 0. The van der Waals surface area contributed by atoms with Crippen LogP contribution in [0.5, 0.6) is 17.4 Å². The Hall–Kier alpha value is -3.41. The first kappa shape index (κ1) is 18.0. The molecular weight excluding hydrogens is 354 g/mol. The van der Waals surface area contributed by atoms with E-state index >= 15 is 0 Å². The number of para-hydroxylation sites is 2. The minimum Gasteiger partial charge on any atom is -0.473 e. The third kappa shape index (κ3) is 4.28. The summed E-state index contributed by atoms with van der Waals surface area (Å²) < 4.78 is 11.8. The Morgan fingerprint density at radius 1 is 0.929 bits per heavy atom. The van der Waals surface area contributed by atoms with E-state index in [9.17, 15) is 4.79 Å². The molecule has 0 radical (unpaired) electrons. The van der Waals surface area contributed by atoms with Gasteiger partial charge in [-0.05, 0) is 30.3 Å². The second-order valence-corrected chi connectivity index (χ2v) is 6.58. The molecule has 0 aliphatic carbocycles. The zero-order chi connectivity index (χ0) is 19.2. The molecule has 2 aromatic carbocycles. The van der Waals surface area contributed by atoms with Crippen LogP contribution in [0.2, 0.25) is 0 Å². The van der Waals surface area contributed by atoms with Crippen molar-refractivity contribution in [3.8, 4) is 17.4 Å². The molecule has 28 heavy (non-hydrogen) atoms. The van der Waals surface area contributed by atoms with Gasteiger partial charge >= 0.3 is 0 Å². The van der Waals surface area contributed by atoms with Crippen molar-refractivity contribution in [2.75, 3.05) is 13.1 Å². The van der Waals surface area contributed by atoms with E-state index < -0.39 is 0 Å². The Balaban J connectivity index is 1.40. The van der Waals surface area contributed by atoms with Crippen LogP contribution in [0, 0.1) is 0 Å². The number of ether oxygens (including phenoxy) is 2. The molecular formula is C22H21N3O3.